The minimum atomic E-state index is -0.862. The predicted octanol–water partition coefficient (Wildman–Crippen LogP) is 7.28. The molecule has 0 saturated heterocycles. The molecule has 1 nitrogen and oxygen atoms in total. The average molecular weight is 420 g/mol. The van der Waals surface area contributed by atoms with Crippen molar-refractivity contribution in [3.8, 4) is 16.9 Å². The lowest BCUT2D eigenvalue weighted by molar-refractivity contribution is 0.360. The molecule has 4 aromatic rings. The van der Waals surface area contributed by atoms with Gasteiger partial charge in [-0.25, -0.2) is 13.2 Å². The van der Waals surface area contributed by atoms with Crippen LogP contribution in [0.25, 0.3) is 21.9 Å². The summed E-state index contributed by atoms with van der Waals surface area (Å²) in [5.74, 6) is -2.69. The number of aryl methyl sites for hydroxylation is 3. The maximum absolute atomic E-state index is 15.2. The summed E-state index contributed by atoms with van der Waals surface area (Å²) in [4.78, 5) is 0. The summed E-state index contributed by atoms with van der Waals surface area (Å²) in [6.45, 7) is 2.14. The molecule has 0 unspecified atom stereocenters. The van der Waals surface area contributed by atoms with Crippen molar-refractivity contribution in [1.29, 1.82) is 0 Å². The zero-order chi connectivity index (χ0) is 22.0. The van der Waals surface area contributed by atoms with E-state index < -0.39 is 23.2 Å². The minimum Gasteiger partial charge on any atom is -0.491 e. The van der Waals surface area contributed by atoms with Gasteiger partial charge in [-0.2, -0.15) is 0 Å². The Morgan fingerprint density at radius 1 is 0.710 bits per heavy atom. The molecule has 0 aliphatic heterocycles. The van der Waals surface area contributed by atoms with E-state index in [4.69, 9.17) is 4.74 Å². The molecular weight excluding hydrogens is 397 g/mol. The molecule has 0 aliphatic carbocycles. The number of halogens is 3. The summed E-state index contributed by atoms with van der Waals surface area (Å²) in [5, 5.41) is 1.18. The maximum atomic E-state index is 15.2. The molecule has 0 aromatic heterocycles. The van der Waals surface area contributed by atoms with Crippen molar-refractivity contribution in [3.63, 3.8) is 0 Å². The van der Waals surface area contributed by atoms with Crippen LogP contribution in [0.4, 0.5) is 13.2 Å². The third-order valence-electron chi connectivity index (χ3n) is 5.67. The van der Waals surface area contributed by atoms with E-state index in [1.54, 1.807) is 18.2 Å². The van der Waals surface area contributed by atoms with Crippen LogP contribution in [0.2, 0.25) is 0 Å². The van der Waals surface area contributed by atoms with Crippen molar-refractivity contribution < 1.29 is 17.9 Å². The van der Waals surface area contributed by atoms with Gasteiger partial charge in [0.1, 0.15) is 5.82 Å². The lowest BCUT2D eigenvalue weighted by atomic mass is 9.96. The van der Waals surface area contributed by atoms with Gasteiger partial charge in [0.15, 0.2) is 17.4 Å². The van der Waals surface area contributed by atoms with Gasteiger partial charge in [-0.1, -0.05) is 61.5 Å². The third kappa shape index (κ3) is 4.29. The molecule has 0 atom stereocenters. The summed E-state index contributed by atoms with van der Waals surface area (Å²) in [6, 6.07) is 19.7. The Balaban J connectivity index is 1.60. The molecular formula is C27H23F3O. The number of hydrogen-bond acceptors (Lipinski definition) is 1. The molecule has 4 rings (SSSR count). The number of hydrogen-bond donors (Lipinski definition) is 0. The van der Waals surface area contributed by atoms with Gasteiger partial charge in [-0.3, -0.25) is 0 Å². The summed E-state index contributed by atoms with van der Waals surface area (Å²) in [7, 11) is 1.19. The van der Waals surface area contributed by atoms with Gasteiger partial charge in [-0.05, 0) is 59.0 Å². The average Bonchev–Trinajstić information content (AvgIpc) is 2.78. The second-order valence-electron chi connectivity index (χ2n) is 7.63. The summed E-state index contributed by atoms with van der Waals surface area (Å²) >= 11 is 0. The Hall–Kier alpha value is -3.27. The molecule has 0 spiro atoms. The van der Waals surface area contributed by atoms with Crippen molar-refractivity contribution in [2.75, 3.05) is 7.11 Å². The quantitative estimate of drug-likeness (QED) is 0.318. The Kier molecular flexibility index (Phi) is 5.99. The molecule has 0 N–H and O–H groups in total. The first-order valence-electron chi connectivity index (χ1n) is 10.3. The van der Waals surface area contributed by atoms with Crippen molar-refractivity contribution in [3.05, 3.63) is 101 Å². The number of methoxy groups -OCH3 is 1. The molecule has 0 aliphatic rings. The van der Waals surface area contributed by atoms with Crippen LogP contribution in [0.5, 0.6) is 5.75 Å². The summed E-state index contributed by atoms with van der Waals surface area (Å²) in [6.07, 6.45) is 2.77. The standard InChI is InChI=1S/C27H23F3O/c1-3-17-4-6-18(7-5-17)8-9-19-10-12-22-20(14-19)11-13-23(26(22)30)21-15-24(28)27(31-2)25(29)16-21/h4-7,10-16H,3,8-9H2,1-2H3. The first kappa shape index (κ1) is 21.0. The number of fused-ring (bicyclic) bond motifs is 1. The van der Waals surface area contributed by atoms with Crippen LogP contribution in [0.1, 0.15) is 23.6 Å². The van der Waals surface area contributed by atoms with E-state index in [1.165, 1.54) is 18.2 Å². The van der Waals surface area contributed by atoms with Crippen LogP contribution < -0.4 is 4.74 Å². The van der Waals surface area contributed by atoms with Gasteiger partial charge < -0.3 is 4.74 Å². The van der Waals surface area contributed by atoms with Crippen molar-refractivity contribution in [2.24, 2.45) is 0 Å². The highest BCUT2D eigenvalue weighted by molar-refractivity contribution is 5.89. The molecule has 0 radical (unpaired) electrons. The van der Waals surface area contributed by atoms with E-state index in [0.29, 0.717) is 5.39 Å². The molecule has 0 fully saturated rings. The van der Waals surface area contributed by atoms with Crippen LogP contribution in [-0.4, -0.2) is 7.11 Å². The Bertz CT molecular complexity index is 1210. The van der Waals surface area contributed by atoms with Crippen molar-refractivity contribution >= 4 is 10.8 Å². The highest BCUT2D eigenvalue weighted by Crippen LogP contribution is 2.33. The topological polar surface area (TPSA) is 9.23 Å². The van der Waals surface area contributed by atoms with Gasteiger partial charge in [-0.15, -0.1) is 0 Å². The predicted molar refractivity (Wildman–Crippen MR) is 119 cm³/mol. The molecule has 0 saturated carbocycles. The summed E-state index contributed by atoms with van der Waals surface area (Å²) < 4.78 is 48.0. The van der Waals surface area contributed by atoms with Crippen LogP contribution in [-0.2, 0) is 19.3 Å². The smallest absolute Gasteiger partial charge is 0.190 e. The second kappa shape index (κ2) is 8.84. The fourth-order valence-electron chi connectivity index (χ4n) is 3.86. The molecule has 0 bridgehead atoms. The van der Waals surface area contributed by atoms with E-state index in [1.807, 2.05) is 12.1 Å². The van der Waals surface area contributed by atoms with Crippen LogP contribution in [0.3, 0.4) is 0 Å². The van der Waals surface area contributed by atoms with Gasteiger partial charge >= 0.3 is 0 Å². The molecule has 0 heterocycles. The van der Waals surface area contributed by atoms with Crippen LogP contribution in [0, 0.1) is 17.5 Å². The highest BCUT2D eigenvalue weighted by atomic mass is 19.1. The zero-order valence-corrected chi connectivity index (χ0v) is 17.5. The summed E-state index contributed by atoms with van der Waals surface area (Å²) in [5.41, 5.74) is 3.98. The highest BCUT2D eigenvalue weighted by Gasteiger charge is 2.16. The first-order valence-corrected chi connectivity index (χ1v) is 10.3. The minimum absolute atomic E-state index is 0.134. The van der Waals surface area contributed by atoms with E-state index in [-0.39, 0.29) is 11.1 Å². The molecule has 158 valence electrons. The van der Waals surface area contributed by atoms with Gasteiger partial charge in [0.2, 0.25) is 0 Å². The number of ether oxygens (including phenoxy) is 1. The first-order chi connectivity index (χ1) is 15.0. The Morgan fingerprint density at radius 2 is 1.32 bits per heavy atom. The normalized spacial score (nSPS) is 11.1. The maximum Gasteiger partial charge on any atom is 0.190 e. The van der Waals surface area contributed by atoms with Crippen LogP contribution >= 0.6 is 0 Å². The lowest BCUT2D eigenvalue weighted by Gasteiger charge is -2.11. The number of rotatable bonds is 6. The van der Waals surface area contributed by atoms with Gasteiger partial charge in [0.25, 0.3) is 0 Å². The largest absolute Gasteiger partial charge is 0.491 e. The Morgan fingerprint density at radius 3 is 1.97 bits per heavy atom. The van der Waals surface area contributed by atoms with Crippen molar-refractivity contribution in [2.45, 2.75) is 26.2 Å². The fraction of sp³-hybridized carbons (Fsp3) is 0.185. The molecule has 4 aromatic carbocycles. The van der Waals surface area contributed by atoms with Crippen LogP contribution in [0.15, 0.2) is 66.7 Å². The number of benzene rings is 4. The molecule has 31 heavy (non-hydrogen) atoms. The SMILES string of the molecule is CCc1ccc(CCc2ccc3c(F)c(-c4cc(F)c(OC)c(F)c4)ccc3c2)cc1. The zero-order valence-electron chi connectivity index (χ0n) is 17.5. The van der Waals surface area contributed by atoms with E-state index in [9.17, 15) is 8.78 Å². The lowest BCUT2D eigenvalue weighted by Crippen LogP contribution is -1.96. The van der Waals surface area contributed by atoms with Gasteiger partial charge in [0, 0.05) is 10.9 Å². The fourth-order valence-corrected chi connectivity index (χ4v) is 3.86. The van der Waals surface area contributed by atoms with E-state index >= 15 is 4.39 Å². The second-order valence-corrected chi connectivity index (χ2v) is 7.63. The van der Waals surface area contributed by atoms with Crippen molar-refractivity contribution in [1.82, 2.24) is 0 Å². The Labute approximate surface area is 180 Å². The van der Waals surface area contributed by atoms with E-state index in [0.717, 1.165) is 42.3 Å². The monoisotopic (exact) mass is 420 g/mol. The molecule has 0 amide bonds. The molecule has 4 heteroatoms. The van der Waals surface area contributed by atoms with E-state index in [2.05, 4.69) is 31.2 Å². The van der Waals surface area contributed by atoms with Gasteiger partial charge in [0.05, 0.1) is 7.11 Å². The third-order valence-corrected chi connectivity index (χ3v) is 5.67.